The molecule has 0 radical (unpaired) electrons. The van der Waals surface area contributed by atoms with Crippen molar-refractivity contribution in [3.05, 3.63) is 34.6 Å². The Hall–Kier alpha value is -0.440. The second kappa shape index (κ2) is 8.78. The van der Waals surface area contributed by atoms with E-state index in [-0.39, 0.29) is 41.6 Å². The first-order valence-electron chi connectivity index (χ1n) is 7.66. The molecule has 1 aliphatic heterocycles. The van der Waals surface area contributed by atoms with Gasteiger partial charge in [-0.15, -0.1) is 12.4 Å². The highest BCUT2D eigenvalue weighted by atomic mass is 35.5. The van der Waals surface area contributed by atoms with E-state index in [1.807, 2.05) is 6.92 Å². The Morgan fingerprint density at radius 1 is 1.46 bits per heavy atom. The number of hydrogen-bond donors (Lipinski definition) is 1. The molecule has 138 valence electrons. The van der Waals surface area contributed by atoms with Crippen molar-refractivity contribution < 1.29 is 12.8 Å². The lowest BCUT2D eigenvalue weighted by Gasteiger charge is -2.38. The van der Waals surface area contributed by atoms with Crippen LogP contribution in [0.1, 0.15) is 31.7 Å². The van der Waals surface area contributed by atoms with Gasteiger partial charge in [-0.25, -0.2) is 4.39 Å². The summed E-state index contributed by atoms with van der Waals surface area (Å²) in [6, 6.07) is 3.83. The van der Waals surface area contributed by atoms with Gasteiger partial charge in [0.1, 0.15) is 5.82 Å². The maximum atomic E-state index is 13.9. The first-order chi connectivity index (χ1) is 10.7. The molecule has 2 N–H and O–H groups in total. The van der Waals surface area contributed by atoms with Crippen LogP contribution in [0.5, 0.6) is 0 Å². The van der Waals surface area contributed by atoms with E-state index in [0.717, 1.165) is 23.6 Å². The normalized spacial score (nSPS) is 20.7. The molecule has 1 aromatic rings. The van der Waals surface area contributed by atoms with E-state index in [4.69, 9.17) is 17.3 Å². The summed E-state index contributed by atoms with van der Waals surface area (Å²) in [7, 11) is -2.29. The second-order valence-corrected chi connectivity index (χ2v) is 8.39. The Bertz CT molecular complexity index is 638. The topological polar surface area (TPSA) is 66.6 Å². The average Bonchev–Trinajstić information content (AvgIpc) is 2.50. The van der Waals surface area contributed by atoms with E-state index in [0.29, 0.717) is 6.54 Å². The minimum atomic E-state index is -3.73. The van der Waals surface area contributed by atoms with Crippen LogP contribution in [-0.2, 0) is 16.8 Å². The molecule has 2 rings (SSSR count). The monoisotopic (exact) mass is 399 g/mol. The molecule has 2 unspecified atom stereocenters. The standard InChI is InChI=1S/C15H23ClFN3O2S.ClH/c1-11(18)15-8-3-4-9-20(15)23(21,22)19(2)10-12-13(16)6-5-7-14(12)17;/h5-7,11,15H,3-4,8-10,18H2,1-2H3;1H. The van der Waals surface area contributed by atoms with Crippen molar-refractivity contribution in [2.24, 2.45) is 5.73 Å². The minimum absolute atomic E-state index is 0. The first-order valence-corrected chi connectivity index (χ1v) is 9.44. The molecule has 24 heavy (non-hydrogen) atoms. The smallest absolute Gasteiger partial charge is 0.282 e. The molecular formula is C15H24Cl2FN3O2S. The fraction of sp³-hybridized carbons (Fsp3) is 0.600. The summed E-state index contributed by atoms with van der Waals surface area (Å²) in [6.07, 6.45) is 2.50. The molecule has 1 aromatic carbocycles. The van der Waals surface area contributed by atoms with Gasteiger partial charge in [-0.3, -0.25) is 0 Å². The van der Waals surface area contributed by atoms with E-state index in [9.17, 15) is 12.8 Å². The average molecular weight is 400 g/mol. The zero-order chi connectivity index (χ0) is 17.2. The third kappa shape index (κ3) is 4.59. The molecule has 0 spiro atoms. The van der Waals surface area contributed by atoms with Gasteiger partial charge in [0.2, 0.25) is 0 Å². The van der Waals surface area contributed by atoms with Crippen LogP contribution in [-0.4, -0.2) is 42.7 Å². The summed E-state index contributed by atoms with van der Waals surface area (Å²) in [6.45, 7) is 2.13. The Labute approximate surface area is 154 Å². The lowest BCUT2D eigenvalue weighted by Crippen LogP contribution is -2.55. The van der Waals surface area contributed by atoms with E-state index in [1.54, 1.807) is 6.07 Å². The third-order valence-electron chi connectivity index (χ3n) is 4.24. The van der Waals surface area contributed by atoms with Gasteiger partial charge < -0.3 is 5.73 Å². The largest absolute Gasteiger partial charge is 0.326 e. The fourth-order valence-electron chi connectivity index (χ4n) is 2.91. The molecule has 1 saturated heterocycles. The number of hydrogen-bond acceptors (Lipinski definition) is 3. The summed E-state index contributed by atoms with van der Waals surface area (Å²) in [5.74, 6) is -0.512. The Kier molecular flexibility index (Phi) is 7.90. The van der Waals surface area contributed by atoms with Crippen LogP contribution in [0, 0.1) is 5.82 Å². The highest BCUT2D eigenvalue weighted by molar-refractivity contribution is 7.86. The number of halogens is 3. The van der Waals surface area contributed by atoms with Gasteiger partial charge in [0.05, 0.1) is 0 Å². The zero-order valence-electron chi connectivity index (χ0n) is 13.8. The van der Waals surface area contributed by atoms with E-state index >= 15 is 0 Å². The molecule has 1 aliphatic rings. The molecule has 9 heteroatoms. The predicted octanol–water partition coefficient (Wildman–Crippen LogP) is 2.78. The van der Waals surface area contributed by atoms with Crippen LogP contribution >= 0.6 is 24.0 Å². The van der Waals surface area contributed by atoms with Crippen molar-refractivity contribution in [1.82, 2.24) is 8.61 Å². The number of piperidine rings is 1. The van der Waals surface area contributed by atoms with Crippen LogP contribution in [0.2, 0.25) is 5.02 Å². The van der Waals surface area contributed by atoms with Crippen molar-refractivity contribution in [1.29, 1.82) is 0 Å². The molecule has 1 fully saturated rings. The molecule has 0 saturated carbocycles. The van der Waals surface area contributed by atoms with Crippen molar-refractivity contribution >= 4 is 34.2 Å². The molecular weight excluding hydrogens is 376 g/mol. The fourth-order valence-corrected chi connectivity index (χ4v) is 4.78. The molecule has 2 atom stereocenters. The number of nitrogens with zero attached hydrogens (tertiary/aromatic N) is 2. The van der Waals surface area contributed by atoms with Crippen molar-refractivity contribution in [3.8, 4) is 0 Å². The molecule has 0 bridgehead atoms. The third-order valence-corrected chi connectivity index (χ3v) is 6.55. The Morgan fingerprint density at radius 2 is 2.12 bits per heavy atom. The van der Waals surface area contributed by atoms with Crippen LogP contribution in [0.25, 0.3) is 0 Å². The highest BCUT2D eigenvalue weighted by Gasteiger charge is 2.37. The molecule has 0 aliphatic carbocycles. The van der Waals surface area contributed by atoms with Crippen LogP contribution in [0.3, 0.4) is 0 Å². The molecule has 5 nitrogen and oxygen atoms in total. The molecule has 0 amide bonds. The highest BCUT2D eigenvalue weighted by Crippen LogP contribution is 2.26. The van der Waals surface area contributed by atoms with Crippen LogP contribution < -0.4 is 5.73 Å². The van der Waals surface area contributed by atoms with Gasteiger partial charge in [0.15, 0.2) is 0 Å². The summed E-state index contributed by atoms with van der Waals surface area (Å²) >= 11 is 5.99. The maximum absolute atomic E-state index is 13.9. The summed E-state index contributed by atoms with van der Waals surface area (Å²) < 4.78 is 42.2. The second-order valence-electron chi connectivity index (χ2n) is 6.00. The molecule has 1 heterocycles. The van der Waals surface area contributed by atoms with Gasteiger partial charge in [-0.1, -0.05) is 24.1 Å². The Balaban J connectivity index is 0.00000288. The summed E-state index contributed by atoms with van der Waals surface area (Å²) in [5.41, 5.74) is 6.12. The van der Waals surface area contributed by atoms with Gasteiger partial charge >= 0.3 is 0 Å². The van der Waals surface area contributed by atoms with Crippen molar-refractivity contribution in [2.45, 2.75) is 44.8 Å². The number of benzene rings is 1. The minimum Gasteiger partial charge on any atom is -0.326 e. The van der Waals surface area contributed by atoms with E-state index in [2.05, 4.69) is 0 Å². The van der Waals surface area contributed by atoms with E-state index < -0.39 is 16.0 Å². The van der Waals surface area contributed by atoms with Gasteiger partial charge in [-0.2, -0.15) is 17.0 Å². The maximum Gasteiger partial charge on any atom is 0.282 e. The van der Waals surface area contributed by atoms with Crippen molar-refractivity contribution in [2.75, 3.05) is 13.6 Å². The lowest BCUT2D eigenvalue weighted by atomic mass is 10.00. The number of nitrogens with two attached hydrogens (primary N) is 1. The van der Waals surface area contributed by atoms with E-state index in [1.165, 1.54) is 23.5 Å². The SMILES string of the molecule is CC(N)C1CCCCN1S(=O)(=O)N(C)Cc1c(F)cccc1Cl.Cl. The predicted molar refractivity (Wildman–Crippen MR) is 97.0 cm³/mol. The van der Waals surface area contributed by atoms with Gasteiger partial charge in [0.25, 0.3) is 10.2 Å². The summed E-state index contributed by atoms with van der Waals surface area (Å²) in [4.78, 5) is 0. The number of rotatable bonds is 5. The molecule has 0 aromatic heterocycles. The van der Waals surface area contributed by atoms with Crippen LogP contribution in [0.4, 0.5) is 4.39 Å². The first kappa shape index (κ1) is 21.6. The zero-order valence-corrected chi connectivity index (χ0v) is 16.2. The Morgan fingerprint density at radius 3 is 2.71 bits per heavy atom. The van der Waals surface area contributed by atoms with Gasteiger partial charge in [0, 0.05) is 42.8 Å². The van der Waals surface area contributed by atoms with Crippen LogP contribution in [0.15, 0.2) is 18.2 Å². The van der Waals surface area contributed by atoms with Gasteiger partial charge in [-0.05, 0) is 31.9 Å². The quantitative estimate of drug-likeness (QED) is 0.827. The summed E-state index contributed by atoms with van der Waals surface area (Å²) in [5, 5.41) is 0.217. The van der Waals surface area contributed by atoms with Crippen molar-refractivity contribution in [3.63, 3.8) is 0 Å². The lowest BCUT2D eigenvalue weighted by molar-refractivity contribution is 0.213.